The van der Waals surface area contributed by atoms with Crippen LogP contribution in [-0.2, 0) is 28.6 Å². The largest absolute Gasteiger partial charge is 0.462 e. The van der Waals surface area contributed by atoms with Gasteiger partial charge in [-0.05, 0) is 89.9 Å². The van der Waals surface area contributed by atoms with Crippen LogP contribution in [0, 0.1) is 0 Å². The van der Waals surface area contributed by atoms with Gasteiger partial charge >= 0.3 is 17.9 Å². The summed E-state index contributed by atoms with van der Waals surface area (Å²) >= 11 is 0. The number of ether oxygens (including phenoxy) is 3. The molecule has 0 radical (unpaired) electrons. The van der Waals surface area contributed by atoms with Crippen LogP contribution < -0.4 is 0 Å². The van der Waals surface area contributed by atoms with E-state index in [9.17, 15) is 14.4 Å². The molecule has 0 aliphatic carbocycles. The lowest BCUT2D eigenvalue weighted by Crippen LogP contribution is -2.30. The molecule has 0 saturated heterocycles. The highest BCUT2D eigenvalue weighted by Crippen LogP contribution is 2.16. The van der Waals surface area contributed by atoms with Gasteiger partial charge in [-0.3, -0.25) is 14.4 Å². The SMILES string of the molecule is CC/C=C\C/C=C\C/C=C\C/C=C\C/C=C\C/C=C\C/C=C\C/C=C\C/C=C\CCCCCCCC(=O)OCC(COC(=O)CCCCCCCCCCCCC)OC(=O)CCCCCCCCCCCCCCC. The van der Waals surface area contributed by atoms with Crippen LogP contribution in [0.3, 0.4) is 0 Å². The normalized spacial score (nSPS) is 12.8. The Balaban J connectivity index is 4.24. The third-order valence-corrected chi connectivity index (χ3v) is 13.3. The van der Waals surface area contributed by atoms with Crippen molar-refractivity contribution in [1.29, 1.82) is 0 Å². The average molecular weight is 1040 g/mol. The molecule has 0 spiro atoms. The van der Waals surface area contributed by atoms with Crippen molar-refractivity contribution in [2.75, 3.05) is 13.2 Å². The molecule has 0 heterocycles. The van der Waals surface area contributed by atoms with E-state index in [1.54, 1.807) is 0 Å². The standard InChI is InChI=1S/C69H116O6/c1-4-7-10-13-16-19-22-24-25-26-27-28-29-30-31-32-33-34-35-36-37-38-39-40-41-42-43-45-47-50-53-56-59-62-68(71)74-65-66(64-73-67(70)61-58-55-52-49-46-21-18-15-12-9-6-3)75-69(72)63-60-57-54-51-48-44-23-20-17-14-11-8-5-2/h7,10,16,19,24-25,27-28,30-31,33-34,36-37,39-40,42-43,66H,4-6,8-9,11-15,17-18,20-23,26,29,32,35,38,41,44-65H2,1-3H3/b10-7-,19-16-,25-24-,28-27-,31-30-,34-33-,37-36-,40-39-,43-42-. The quantitative estimate of drug-likeness (QED) is 0.0261. The summed E-state index contributed by atoms with van der Waals surface area (Å²) in [4.78, 5) is 38.1. The maximum absolute atomic E-state index is 12.8. The Hall–Kier alpha value is -3.93. The number of unbranched alkanes of at least 4 members (excludes halogenated alkanes) is 27. The minimum absolute atomic E-state index is 0.0805. The van der Waals surface area contributed by atoms with Gasteiger partial charge < -0.3 is 14.2 Å². The predicted molar refractivity (Wildman–Crippen MR) is 325 cm³/mol. The van der Waals surface area contributed by atoms with Crippen LogP contribution in [0.15, 0.2) is 109 Å². The van der Waals surface area contributed by atoms with Crippen LogP contribution in [0.1, 0.15) is 290 Å². The molecule has 0 amide bonds. The molecule has 1 unspecified atom stereocenters. The van der Waals surface area contributed by atoms with Crippen LogP contribution in [0.25, 0.3) is 0 Å². The molecule has 0 bridgehead atoms. The molecule has 0 saturated carbocycles. The summed E-state index contributed by atoms with van der Waals surface area (Å²) < 4.78 is 16.8. The molecule has 428 valence electrons. The second kappa shape index (κ2) is 62.6. The number of allylic oxidation sites excluding steroid dienone is 18. The minimum Gasteiger partial charge on any atom is -0.462 e. The van der Waals surface area contributed by atoms with Gasteiger partial charge in [-0.25, -0.2) is 0 Å². The summed E-state index contributed by atoms with van der Waals surface area (Å²) in [6, 6.07) is 0. The van der Waals surface area contributed by atoms with Crippen LogP contribution >= 0.6 is 0 Å². The number of carbonyl (C=O) groups excluding carboxylic acids is 3. The van der Waals surface area contributed by atoms with Gasteiger partial charge in [0.05, 0.1) is 0 Å². The van der Waals surface area contributed by atoms with E-state index in [0.717, 1.165) is 135 Å². The summed E-state index contributed by atoms with van der Waals surface area (Å²) in [5.41, 5.74) is 0. The highest BCUT2D eigenvalue weighted by atomic mass is 16.6. The van der Waals surface area contributed by atoms with Gasteiger partial charge in [0.2, 0.25) is 0 Å². The summed E-state index contributed by atoms with van der Waals surface area (Å²) in [5, 5.41) is 0. The molecule has 0 aliphatic heterocycles. The molecular weight excluding hydrogens is 925 g/mol. The Labute approximate surface area is 463 Å². The summed E-state index contributed by atoms with van der Waals surface area (Å²) in [6.45, 7) is 6.51. The van der Waals surface area contributed by atoms with E-state index in [4.69, 9.17) is 14.2 Å². The van der Waals surface area contributed by atoms with Crippen molar-refractivity contribution in [3.8, 4) is 0 Å². The van der Waals surface area contributed by atoms with E-state index in [-0.39, 0.29) is 31.1 Å². The van der Waals surface area contributed by atoms with Crippen molar-refractivity contribution in [2.24, 2.45) is 0 Å². The Morgan fingerprint density at radius 3 is 0.813 bits per heavy atom. The molecule has 0 aromatic heterocycles. The molecule has 6 heteroatoms. The van der Waals surface area contributed by atoms with E-state index in [1.165, 1.54) is 116 Å². The zero-order valence-electron chi connectivity index (χ0n) is 49.0. The summed E-state index contributed by atoms with van der Waals surface area (Å²) in [6.07, 6.45) is 85.2. The van der Waals surface area contributed by atoms with Gasteiger partial charge in [-0.2, -0.15) is 0 Å². The second-order valence-corrected chi connectivity index (χ2v) is 20.6. The Kier molecular flexibility index (Phi) is 59.3. The first-order chi connectivity index (χ1) is 37.0. The number of rotatable bonds is 56. The molecule has 6 nitrogen and oxygen atoms in total. The van der Waals surface area contributed by atoms with E-state index in [1.807, 2.05) is 0 Å². The van der Waals surface area contributed by atoms with Crippen molar-refractivity contribution < 1.29 is 28.6 Å². The van der Waals surface area contributed by atoms with E-state index in [0.29, 0.717) is 19.3 Å². The molecule has 0 N–H and O–H groups in total. The van der Waals surface area contributed by atoms with Crippen molar-refractivity contribution in [2.45, 2.75) is 297 Å². The van der Waals surface area contributed by atoms with Crippen LogP contribution in [-0.4, -0.2) is 37.2 Å². The van der Waals surface area contributed by atoms with Gasteiger partial charge in [0.1, 0.15) is 13.2 Å². The fourth-order valence-corrected chi connectivity index (χ4v) is 8.61. The number of hydrogen-bond donors (Lipinski definition) is 0. The first-order valence-corrected chi connectivity index (χ1v) is 31.4. The zero-order valence-corrected chi connectivity index (χ0v) is 49.0. The molecule has 0 aliphatic rings. The number of carbonyl (C=O) groups is 3. The van der Waals surface area contributed by atoms with Gasteiger partial charge in [0.25, 0.3) is 0 Å². The van der Waals surface area contributed by atoms with Crippen LogP contribution in [0.4, 0.5) is 0 Å². The van der Waals surface area contributed by atoms with E-state index >= 15 is 0 Å². The third-order valence-electron chi connectivity index (χ3n) is 13.3. The smallest absolute Gasteiger partial charge is 0.306 e. The van der Waals surface area contributed by atoms with Gasteiger partial charge in [0, 0.05) is 19.3 Å². The molecular formula is C69H116O6. The Morgan fingerprint density at radius 1 is 0.280 bits per heavy atom. The van der Waals surface area contributed by atoms with Crippen molar-refractivity contribution in [1.82, 2.24) is 0 Å². The maximum atomic E-state index is 12.8. The highest BCUT2D eigenvalue weighted by Gasteiger charge is 2.19. The predicted octanol–water partition coefficient (Wildman–Crippen LogP) is 21.4. The monoisotopic (exact) mass is 1040 g/mol. The lowest BCUT2D eigenvalue weighted by Gasteiger charge is -2.18. The lowest BCUT2D eigenvalue weighted by molar-refractivity contribution is -0.167. The Morgan fingerprint density at radius 2 is 0.520 bits per heavy atom. The minimum atomic E-state index is -0.783. The van der Waals surface area contributed by atoms with Gasteiger partial charge in [0.15, 0.2) is 6.10 Å². The number of esters is 3. The summed E-state index contributed by atoms with van der Waals surface area (Å²) in [7, 11) is 0. The lowest BCUT2D eigenvalue weighted by atomic mass is 10.0. The molecule has 0 aromatic carbocycles. The van der Waals surface area contributed by atoms with Gasteiger partial charge in [-0.15, -0.1) is 0 Å². The molecule has 0 aromatic rings. The highest BCUT2D eigenvalue weighted by molar-refractivity contribution is 5.71. The van der Waals surface area contributed by atoms with Crippen molar-refractivity contribution >= 4 is 17.9 Å². The van der Waals surface area contributed by atoms with Gasteiger partial charge in [-0.1, -0.05) is 291 Å². The van der Waals surface area contributed by atoms with Crippen molar-refractivity contribution in [3.05, 3.63) is 109 Å². The van der Waals surface area contributed by atoms with E-state index in [2.05, 4.69) is 130 Å². The van der Waals surface area contributed by atoms with E-state index < -0.39 is 6.10 Å². The second-order valence-electron chi connectivity index (χ2n) is 20.6. The first kappa shape index (κ1) is 71.1. The fraction of sp³-hybridized carbons (Fsp3) is 0.696. The summed E-state index contributed by atoms with van der Waals surface area (Å²) in [5.74, 6) is -0.894. The fourth-order valence-electron chi connectivity index (χ4n) is 8.61. The Bertz CT molecular complexity index is 1520. The maximum Gasteiger partial charge on any atom is 0.306 e. The molecule has 0 fully saturated rings. The van der Waals surface area contributed by atoms with Crippen LogP contribution in [0.2, 0.25) is 0 Å². The van der Waals surface area contributed by atoms with Crippen LogP contribution in [0.5, 0.6) is 0 Å². The molecule has 75 heavy (non-hydrogen) atoms. The zero-order chi connectivity index (χ0) is 54.3. The molecule has 1 atom stereocenters. The first-order valence-electron chi connectivity index (χ1n) is 31.4. The third kappa shape index (κ3) is 60.8. The average Bonchev–Trinajstić information content (AvgIpc) is 3.41. The number of hydrogen-bond acceptors (Lipinski definition) is 6. The van der Waals surface area contributed by atoms with Crippen molar-refractivity contribution in [3.63, 3.8) is 0 Å². The topological polar surface area (TPSA) is 78.9 Å². The molecule has 0 rings (SSSR count).